The predicted octanol–water partition coefficient (Wildman–Crippen LogP) is 3.00. The molecule has 1 aromatic carbocycles. The third-order valence-corrected chi connectivity index (χ3v) is 6.22. The number of halogens is 2. The van der Waals surface area contributed by atoms with E-state index in [1.54, 1.807) is 35.2 Å². The molecule has 0 aliphatic carbocycles. The maximum absolute atomic E-state index is 13.2. The van der Waals surface area contributed by atoms with E-state index >= 15 is 0 Å². The molecule has 2 N–H and O–H groups in total. The Morgan fingerprint density at radius 2 is 2.03 bits per heavy atom. The van der Waals surface area contributed by atoms with Crippen molar-refractivity contribution in [3.8, 4) is 5.88 Å². The number of amides is 2. The number of methoxy groups -OCH3 is 1. The quantitative estimate of drug-likeness (QED) is 0.535. The van der Waals surface area contributed by atoms with E-state index in [9.17, 15) is 14.0 Å². The largest absolute Gasteiger partial charge is 0.480 e. The van der Waals surface area contributed by atoms with Gasteiger partial charge in [-0.2, -0.15) is 4.98 Å². The van der Waals surface area contributed by atoms with Gasteiger partial charge in [-0.1, -0.05) is 17.7 Å². The van der Waals surface area contributed by atoms with E-state index in [0.29, 0.717) is 67.2 Å². The Bertz CT molecular complexity index is 1080. The molecule has 2 saturated heterocycles. The number of likely N-dealkylation sites (tertiary alicyclic amines) is 2. The minimum atomic E-state index is -0.775. The summed E-state index contributed by atoms with van der Waals surface area (Å²) in [5, 5.41) is 6.32. The van der Waals surface area contributed by atoms with Crippen LogP contribution < -0.4 is 15.4 Å². The van der Waals surface area contributed by atoms with E-state index in [1.165, 1.54) is 19.4 Å². The molecular formula is C24H28ClFN6O3. The number of carbonyl (C=O) groups excluding carboxylic acids is 2. The molecule has 35 heavy (non-hydrogen) atoms. The van der Waals surface area contributed by atoms with E-state index in [1.807, 2.05) is 4.90 Å². The van der Waals surface area contributed by atoms with Crippen molar-refractivity contribution in [1.82, 2.24) is 19.8 Å². The molecule has 2 amide bonds. The van der Waals surface area contributed by atoms with Crippen LogP contribution in [0.1, 0.15) is 23.2 Å². The van der Waals surface area contributed by atoms with Gasteiger partial charge in [-0.05, 0) is 37.1 Å². The van der Waals surface area contributed by atoms with Crippen LogP contribution >= 0.6 is 11.6 Å². The molecule has 3 heterocycles. The number of nitrogens with zero attached hydrogens (tertiary/aromatic N) is 4. The molecule has 2 atom stereocenters. The van der Waals surface area contributed by atoms with Crippen LogP contribution in [0.3, 0.4) is 0 Å². The van der Waals surface area contributed by atoms with Gasteiger partial charge in [-0.3, -0.25) is 14.5 Å². The number of carbonyl (C=O) groups is 2. The lowest BCUT2D eigenvalue weighted by molar-refractivity contribution is -0.111. The van der Waals surface area contributed by atoms with Crippen molar-refractivity contribution in [3.05, 3.63) is 53.2 Å². The first-order valence-corrected chi connectivity index (χ1v) is 11.9. The molecular weight excluding hydrogens is 475 g/mol. The maximum atomic E-state index is 13.2. The Balaban J connectivity index is 1.25. The highest BCUT2D eigenvalue weighted by atomic mass is 35.5. The van der Waals surface area contributed by atoms with Crippen molar-refractivity contribution in [3.63, 3.8) is 0 Å². The van der Waals surface area contributed by atoms with Gasteiger partial charge >= 0.3 is 0 Å². The van der Waals surface area contributed by atoms with E-state index in [0.717, 1.165) is 6.42 Å². The lowest BCUT2D eigenvalue weighted by Gasteiger charge is -2.17. The lowest BCUT2D eigenvalue weighted by atomic mass is 10.2. The Labute approximate surface area is 208 Å². The Morgan fingerprint density at radius 3 is 2.74 bits per heavy atom. The molecule has 0 unspecified atom stereocenters. The molecule has 0 spiro atoms. The third-order valence-electron chi connectivity index (χ3n) is 5.96. The molecule has 186 valence electrons. The van der Waals surface area contributed by atoms with Gasteiger partial charge in [0.25, 0.3) is 5.91 Å². The van der Waals surface area contributed by atoms with Crippen LogP contribution in [0.5, 0.6) is 5.88 Å². The van der Waals surface area contributed by atoms with Crippen molar-refractivity contribution in [1.29, 1.82) is 0 Å². The van der Waals surface area contributed by atoms with Gasteiger partial charge in [0.15, 0.2) is 0 Å². The molecule has 2 aliphatic rings. The molecule has 0 saturated carbocycles. The zero-order valence-corrected chi connectivity index (χ0v) is 20.2. The van der Waals surface area contributed by atoms with Crippen molar-refractivity contribution < 1.29 is 18.7 Å². The normalized spacial score (nSPS) is 20.4. The fraction of sp³-hybridized carbons (Fsp3) is 0.417. The Kier molecular flexibility index (Phi) is 8.14. The smallest absolute Gasteiger partial charge is 0.253 e. The number of ether oxygens (including phenoxy) is 1. The van der Waals surface area contributed by atoms with E-state index < -0.39 is 6.17 Å². The average Bonchev–Trinajstić information content (AvgIpc) is 3.49. The second-order valence-corrected chi connectivity index (χ2v) is 8.95. The first-order chi connectivity index (χ1) is 16.9. The number of hydrogen-bond acceptors (Lipinski definition) is 7. The number of anilines is 2. The zero-order valence-electron chi connectivity index (χ0n) is 19.4. The molecule has 1 aromatic heterocycles. The van der Waals surface area contributed by atoms with Crippen molar-refractivity contribution in [2.75, 3.05) is 50.5 Å². The number of alkyl halides is 1. The molecule has 2 aromatic rings. The fourth-order valence-electron chi connectivity index (χ4n) is 4.13. The molecule has 2 aliphatic heterocycles. The average molecular weight is 503 g/mol. The van der Waals surface area contributed by atoms with Gasteiger partial charge in [0, 0.05) is 56.1 Å². The highest BCUT2D eigenvalue weighted by Crippen LogP contribution is 2.23. The second-order valence-electron chi connectivity index (χ2n) is 8.55. The first kappa shape index (κ1) is 24.9. The molecule has 0 bridgehead atoms. The van der Waals surface area contributed by atoms with Crippen LogP contribution in [0, 0.1) is 0 Å². The Hall–Kier alpha value is -3.24. The standard InChI is InChI=1S/C24H28ClFN6O3/c1-35-22-20(25)13-27-24(30-22)29-19-9-12-32(15-19)23(34)16-4-6-18(7-5-16)28-21(33)3-2-10-31-11-8-17(26)14-31/h2-7,13,17,19H,8-12,14-15H2,1H3,(H,28,33)(H,27,29,30)/b3-2+/t17-,19-/m1/s1. The van der Waals surface area contributed by atoms with Crippen LogP contribution in [0.4, 0.5) is 16.0 Å². The van der Waals surface area contributed by atoms with Crippen molar-refractivity contribution >= 4 is 35.1 Å². The van der Waals surface area contributed by atoms with Gasteiger partial charge in [-0.25, -0.2) is 9.37 Å². The minimum Gasteiger partial charge on any atom is -0.480 e. The number of rotatable bonds is 8. The summed E-state index contributed by atoms with van der Waals surface area (Å²) in [6.45, 7) is 2.78. The minimum absolute atomic E-state index is 0.00605. The van der Waals surface area contributed by atoms with Gasteiger partial charge in [0.1, 0.15) is 11.2 Å². The molecule has 2 fully saturated rings. The monoisotopic (exact) mass is 502 g/mol. The number of hydrogen-bond donors (Lipinski definition) is 2. The van der Waals surface area contributed by atoms with Crippen LogP contribution in [0.2, 0.25) is 5.02 Å². The fourth-order valence-corrected chi connectivity index (χ4v) is 4.30. The SMILES string of the molecule is COc1nc(N[C@@H]2CCN(C(=O)c3ccc(NC(=O)/C=C/CN4CC[C@@H](F)C4)cc3)C2)ncc1Cl. The summed E-state index contributed by atoms with van der Waals surface area (Å²) in [6, 6.07) is 6.80. The number of nitrogens with one attached hydrogen (secondary N) is 2. The second kappa shape index (κ2) is 11.5. The van der Waals surface area contributed by atoms with Gasteiger partial charge in [0.2, 0.25) is 17.7 Å². The highest BCUT2D eigenvalue weighted by Gasteiger charge is 2.27. The van der Waals surface area contributed by atoms with E-state index in [-0.39, 0.29) is 17.9 Å². The lowest BCUT2D eigenvalue weighted by Crippen LogP contribution is -2.31. The van der Waals surface area contributed by atoms with E-state index in [4.69, 9.17) is 16.3 Å². The summed E-state index contributed by atoms with van der Waals surface area (Å²) in [5.41, 5.74) is 1.13. The zero-order chi connectivity index (χ0) is 24.8. The van der Waals surface area contributed by atoms with Crippen LogP contribution in [0.25, 0.3) is 0 Å². The highest BCUT2D eigenvalue weighted by molar-refractivity contribution is 6.31. The van der Waals surface area contributed by atoms with Crippen molar-refractivity contribution in [2.45, 2.75) is 25.1 Å². The molecule has 4 rings (SSSR count). The number of aromatic nitrogens is 2. The summed E-state index contributed by atoms with van der Waals surface area (Å²) >= 11 is 5.97. The van der Waals surface area contributed by atoms with Crippen LogP contribution in [0.15, 0.2) is 42.6 Å². The maximum Gasteiger partial charge on any atom is 0.253 e. The molecule has 0 radical (unpaired) electrons. The van der Waals surface area contributed by atoms with Crippen LogP contribution in [-0.2, 0) is 4.79 Å². The van der Waals surface area contributed by atoms with Gasteiger partial charge in [-0.15, -0.1) is 0 Å². The Morgan fingerprint density at radius 1 is 1.23 bits per heavy atom. The summed E-state index contributed by atoms with van der Waals surface area (Å²) in [4.78, 5) is 37.1. The van der Waals surface area contributed by atoms with Gasteiger partial charge in [0.05, 0.1) is 13.3 Å². The summed E-state index contributed by atoms with van der Waals surface area (Å²) in [6.07, 6.45) is 5.17. The topological polar surface area (TPSA) is 99.7 Å². The summed E-state index contributed by atoms with van der Waals surface area (Å²) in [7, 11) is 1.49. The molecule has 11 heteroatoms. The summed E-state index contributed by atoms with van der Waals surface area (Å²) < 4.78 is 18.3. The van der Waals surface area contributed by atoms with Gasteiger partial charge < -0.3 is 20.3 Å². The molecule has 9 nitrogen and oxygen atoms in total. The summed E-state index contributed by atoms with van der Waals surface area (Å²) in [5.74, 6) is 0.332. The van der Waals surface area contributed by atoms with E-state index in [2.05, 4.69) is 20.6 Å². The van der Waals surface area contributed by atoms with Crippen LogP contribution in [-0.4, -0.2) is 83.6 Å². The first-order valence-electron chi connectivity index (χ1n) is 11.5. The predicted molar refractivity (Wildman–Crippen MR) is 132 cm³/mol. The van der Waals surface area contributed by atoms with Crippen molar-refractivity contribution in [2.24, 2.45) is 0 Å². The third kappa shape index (κ3) is 6.67. The number of benzene rings is 1.